The SMILES string of the molecule is CCCC1CCC(c2ccc(-c3ccc(OCC)c(F)c3F)c(F)c2)CO1. The lowest BCUT2D eigenvalue weighted by molar-refractivity contribution is -0.00115. The van der Waals surface area contributed by atoms with Gasteiger partial charge < -0.3 is 9.47 Å². The van der Waals surface area contributed by atoms with Crippen LogP contribution in [0.5, 0.6) is 5.75 Å². The van der Waals surface area contributed by atoms with E-state index >= 15 is 0 Å². The van der Waals surface area contributed by atoms with Crippen molar-refractivity contribution in [2.24, 2.45) is 0 Å². The van der Waals surface area contributed by atoms with Crippen LogP contribution >= 0.6 is 0 Å². The summed E-state index contributed by atoms with van der Waals surface area (Å²) in [6.45, 7) is 4.60. The average molecular weight is 378 g/mol. The summed E-state index contributed by atoms with van der Waals surface area (Å²) >= 11 is 0. The van der Waals surface area contributed by atoms with Crippen LogP contribution in [0.4, 0.5) is 13.2 Å². The Labute approximate surface area is 158 Å². The summed E-state index contributed by atoms with van der Waals surface area (Å²) in [5.41, 5.74) is 0.764. The largest absolute Gasteiger partial charge is 0.491 e. The molecule has 2 nitrogen and oxygen atoms in total. The van der Waals surface area contributed by atoms with Crippen LogP contribution < -0.4 is 4.74 Å². The lowest BCUT2D eigenvalue weighted by atomic mass is 9.89. The second-order valence-electron chi connectivity index (χ2n) is 6.93. The molecule has 5 heteroatoms. The predicted molar refractivity (Wildman–Crippen MR) is 99.5 cm³/mol. The molecule has 2 aromatic rings. The smallest absolute Gasteiger partial charge is 0.201 e. The first-order valence-electron chi connectivity index (χ1n) is 9.57. The van der Waals surface area contributed by atoms with Crippen LogP contribution in [0.1, 0.15) is 51.0 Å². The molecule has 0 saturated carbocycles. The van der Waals surface area contributed by atoms with Crippen molar-refractivity contribution in [1.29, 1.82) is 0 Å². The highest BCUT2D eigenvalue weighted by atomic mass is 19.2. The molecule has 0 radical (unpaired) electrons. The van der Waals surface area contributed by atoms with E-state index < -0.39 is 17.5 Å². The molecule has 0 aliphatic carbocycles. The van der Waals surface area contributed by atoms with Crippen molar-refractivity contribution in [3.63, 3.8) is 0 Å². The Morgan fingerprint density at radius 1 is 1.00 bits per heavy atom. The monoisotopic (exact) mass is 378 g/mol. The number of hydrogen-bond acceptors (Lipinski definition) is 2. The van der Waals surface area contributed by atoms with Gasteiger partial charge in [0.2, 0.25) is 5.82 Å². The van der Waals surface area contributed by atoms with Crippen molar-refractivity contribution in [1.82, 2.24) is 0 Å². The second kappa shape index (κ2) is 8.79. The minimum atomic E-state index is -1.10. The topological polar surface area (TPSA) is 18.5 Å². The first kappa shape index (κ1) is 19.7. The van der Waals surface area contributed by atoms with Crippen LogP contribution in [-0.2, 0) is 4.74 Å². The highest BCUT2D eigenvalue weighted by Gasteiger charge is 2.24. The molecule has 0 aromatic heterocycles. The van der Waals surface area contributed by atoms with Gasteiger partial charge in [-0.25, -0.2) is 8.78 Å². The third-order valence-electron chi connectivity index (χ3n) is 5.08. The zero-order valence-corrected chi connectivity index (χ0v) is 15.7. The number of benzene rings is 2. The predicted octanol–water partition coefficient (Wildman–Crippen LogP) is 6.23. The van der Waals surface area contributed by atoms with Crippen LogP contribution in [0, 0.1) is 17.5 Å². The van der Waals surface area contributed by atoms with Gasteiger partial charge in [-0.1, -0.05) is 25.5 Å². The van der Waals surface area contributed by atoms with Crippen LogP contribution in [-0.4, -0.2) is 19.3 Å². The summed E-state index contributed by atoms with van der Waals surface area (Å²) in [5.74, 6) is -2.80. The van der Waals surface area contributed by atoms with Gasteiger partial charge in [-0.3, -0.25) is 0 Å². The van der Waals surface area contributed by atoms with Gasteiger partial charge in [-0.2, -0.15) is 4.39 Å². The van der Waals surface area contributed by atoms with E-state index in [9.17, 15) is 13.2 Å². The Bertz CT molecular complexity index is 783. The molecule has 3 rings (SSSR count). The van der Waals surface area contributed by atoms with E-state index in [1.165, 1.54) is 24.3 Å². The Hall–Kier alpha value is -2.01. The normalized spacial score (nSPS) is 19.9. The fourth-order valence-corrected chi connectivity index (χ4v) is 3.63. The van der Waals surface area contributed by atoms with E-state index in [-0.39, 0.29) is 35.5 Å². The van der Waals surface area contributed by atoms with E-state index in [1.54, 1.807) is 13.0 Å². The van der Waals surface area contributed by atoms with Gasteiger partial charge in [0.15, 0.2) is 11.6 Å². The van der Waals surface area contributed by atoms with Gasteiger partial charge in [0, 0.05) is 17.0 Å². The highest BCUT2D eigenvalue weighted by Crippen LogP contribution is 2.35. The lowest BCUT2D eigenvalue weighted by Gasteiger charge is -2.29. The number of ether oxygens (including phenoxy) is 2. The minimum Gasteiger partial charge on any atom is -0.491 e. The van der Waals surface area contributed by atoms with Gasteiger partial charge in [-0.05, 0) is 49.9 Å². The van der Waals surface area contributed by atoms with Crippen molar-refractivity contribution < 1.29 is 22.6 Å². The lowest BCUT2D eigenvalue weighted by Crippen LogP contribution is -2.24. The Morgan fingerprint density at radius 2 is 1.78 bits per heavy atom. The molecular weight excluding hydrogens is 353 g/mol. The second-order valence-corrected chi connectivity index (χ2v) is 6.93. The Morgan fingerprint density at radius 3 is 2.41 bits per heavy atom. The van der Waals surface area contributed by atoms with Gasteiger partial charge in [0.25, 0.3) is 0 Å². The van der Waals surface area contributed by atoms with Gasteiger partial charge in [0.05, 0.1) is 19.3 Å². The fourth-order valence-electron chi connectivity index (χ4n) is 3.63. The molecule has 1 aliphatic rings. The zero-order chi connectivity index (χ0) is 19.4. The maximum absolute atomic E-state index is 14.7. The summed E-state index contributed by atoms with van der Waals surface area (Å²) in [7, 11) is 0. The van der Waals surface area contributed by atoms with Gasteiger partial charge >= 0.3 is 0 Å². The Balaban J connectivity index is 1.81. The van der Waals surface area contributed by atoms with Crippen molar-refractivity contribution in [3.05, 3.63) is 53.3 Å². The molecule has 0 amide bonds. The standard InChI is InChI=1S/C22H25F3O2/c1-3-5-16-8-6-15(13-27-16)14-7-9-17(19(23)12-14)18-10-11-20(26-4-2)22(25)21(18)24/h7,9-12,15-16H,3-6,8,13H2,1-2H3. The summed E-state index contributed by atoms with van der Waals surface area (Å²) in [6.07, 6.45) is 4.32. The van der Waals surface area contributed by atoms with Crippen LogP contribution in [0.3, 0.4) is 0 Å². The molecule has 0 spiro atoms. The minimum absolute atomic E-state index is 0.0405. The van der Waals surface area contributed by atoms with Crippen LogP contribution in [0.25, 0.3) is 11.1 Å². The maximum Gasteiger partial charge on any atom is 0.201 e. The van der Waals surface area contributed by atoms with Gasteiger partial charge in [0.1, 0.15) is 5.82 Å². The number of rotatable bonds is 6. The summed E-state index contributed by atoms with van der Waals surface area (Å²) in [5, 5.41) is 0. The van der Waals surface area contributed by atoms with Crippen molar-refractivity contribution in [3.8, 4) is 16.9 Å². The van der Waals surface area contributed by atoms with Crippen molar-refractivity contribution >= 4 is 0 Å². The van der Waals surface area contributed by atoms with E-state index in [0.717, 1.165) is 31.2 Å². The van der Waals surface area contributed by atoms with Gasteiger partial charge in [-0.15, -0.1) is 0 Å². The molecule has 1 saturated heterocycles. The van der Waals surface area contributed by atoms with Crippen molar-refractivity contribution in [2.45, 2.75) is 51.6 Å². The van der Waals surface area contributed by atoms with Crippen molar-refractivity contribution in [2.75, 3.05) is 13.2 Å². The quantitative estimate of drug-likeness (QED) is 0.593. The first-order chi connectivity index (χ1) is 13.0. The van der Waals surface area contributed by atoms with E-state index in [0.29, 0.717) is 6.61 Å². The van der Waals surface area contributed by atoms with Crippen LogP contribution in [0.2, 0.25) is 0 Å². The molecule has 146 valence electrons. The number of hydrogen-bond donors (Lipinski definition) is 0. The van der Waals surface area contributed by atoms with E-state index in [1.807, 2.05) is 0 Å². The summed E-state index contributed by atoms with van der Waals surface area (Å²) in [6, 6.07) is 7.38. The molecule has 27 heavy (non-hydrogen) atoms. The van der Waals surface area contributed by atoms with Crippen LogP contribution in [0.15, 0.2) is 30.3 Å². The van der Waals surface area contributed by atoms with E-state index in [4.69, 9.17) is 9.47 Å². The fraction of sp³-hybridized carbons (Fsp3) is 0.455. The molecular formula is C22H25F3O2. The molecule has 2 atom stereocenters. The Kier molecular flexibility index (Phi) is 6.42. The molecule has 0 N–H and O–H groups in total. The molecule has 1 fully saturated rings. The summed E-state index contributed by atoms with van der Waals surface area (Å²) in [4.78, 5) is 0. The zero-order valence-electron chi connectivity index (χ0n) is 15.7. The summed E-state index contributed by atoms with van der Waals surface area (Å²) < 4.78 is 54.1. The molecule has 1 heterocycles. The highest BCUT2D eigenvalue weighted by molar-refractivity contribution is 5.66. The maximum atomic E-state index is 14.7. The third kappa shape index (κ3) is 4.29. The third-order valence-corrected chi connectivity index (χ3v) is 5.08. The average Bonchev–Trinajstić information content (AvgIpc) is 2.67. The molecule has 2 unspecified atom stereocenters. The number of halogens is 3. The molecule has 2 aromatic carbocycles. The van der Waals surface area contributed by atoms with E-state index in [2.05, 4.69) is 6.92 Å². The first-order valence-corrected chi connectivity index (χ1v) is 9.57. The molecule has 0 bridgehead atoms. The molecule has 1 aliphatic heterocycles.